The summed E-state index contributed by atoms with van der Waals surface area (Å²) in [4.78, 5) is 34.8. The monoisotopic (exact) mass is 334 g/mol. The van der Waals surface area contributed by atoms with Crippen LogP contribution in [0.25, 0.3) is 11.3 Å². The topological polar surface area (TPSA) is 87.7 Å². The normalized spacial score (nSPS) is 10.5. The van der Waals surface area contributed by atoms with E-state index in [1.807, 2.05) is 50.2 Å². The van der Waals surface area contributed by atoms with Crippen molar-refractivity contribution < 1.29 is 4.79 Å². The number of aromatic amines is 1. The maximum absolute atomic E-state index is 12.3. The molecule has 0 bridgehead atoms. The molecule has 3 aromatic rings. The van der Waals surface area contributed by atoms with Crippen molar-refractivity contribution in [1.29, 1.82) is 0 Å². The zero-order valence-corrected chi connectivity index (χ0v) is 14.0. The second-order valence-electron chi connectivity index (χ2n) is 5.79. The molecule has 0 spiro atoms. The van der Waals surface area contributed by atoms with Crippen molar-refractivity contribution in [3.05, 3.63) is 81.7 Å². The van der Waals surface area contributed by atoms with Crippen LogP contribution in [0.3, 0.4) is 0 Å². The van der Waals surface area contributed by atoms with Gasteiger partial charge >= 0.3 is 5.69 Å². The minimum absolute atomic E-state index is 0.171. The molecule has 0 saturated heterocycles. The summed E-state index contributed by atoms with van der Waals surface area (Å²) < 4.78 is 0. The SMILES string of the molecule is Cc1ccc(-c2cc(C(=O)NCc3ccccn3)[nH]c(=O)n2)cc1C. The molecule has 6 heteroatoms. The summed E-state index contributed by atoms with van der Waals surface area (Å²) in [6.45, 7) is 4.29. The van der Waals surface area contributed by atoms with E-state index in [1.54, 1.807) is 12.3 Å². The van der Waals surface area contributed by atoms with Crippen molar-refractivity contribution in [2.75, 3.05) is 0 Å². The number of aryl methyl sites for hydroxylation is 2. The lowest BCUT2D eigenvalue weighted by Crippen LogP contribution is -2.27. The lowest BCUT2D eigenvalue weighted by molar-refractivity contribution is 0.0945. The van der Waals surface area contributed by atoms with Gasteiger partial charge in [-0.3, -0.25) is 9.78 Å². The van der Waals surface area contributed by atoms with Gasteiger partial charge in [0.1, 0.15) is 5.69 Å². The number of benzene rings is 1. The lowest BCUT2D eigenvalue weighted by atomic mass is 10.0. The highest BCUT2D eigenvalue weighted by molar-refractivity contribution is 5.93. The average molecular weight is 334 g/mol. The second-order valence-corrected chi connectivity index (χ2v) is 5.79. The molecule has 0 unspecified atom stereocenters. The summed E-state index contributed by atoms with van der Waals surface area (Å²) in [7, 11) is 0. The molecular weight excluding hydrogens is 316 g/mol. The first-order valence-corrected chi connectivity index (χ1v) is 7.90. The van der Waals surface area contributed by atoms with Gasteiger partial charge in [-0.05, 0) is 49.2 Å². The first-order valence-electron chi connectivity index (χ1n) is 7.90. The van der Waals surface area contributed by atoms with Crippen LogP contribution in [-0.2, 0) is 6.54 Å². The third-order valence-electron chi connectivity index (χ3n) is 3.95. The Labute approximate surface area is 145 Å². The van der Waals surface area contributed by atoms with Crippen LogP contribution in [0.1, 0.15) is 27.3 Å². The minimum atomic E-state index is -0.557. The van der Waals surface area contributed by atoms with Gasteiger partial charge in [0.2, 0.25) is 0 Å². The molecule has 0 fully saturated rings. The maximum atomic E-state index is 12.3. The molecule has 2 heterocycles. The summed E-state index contributed by atoms with van der Waals surface area (Å²) in [5.41, 5.74) is 3.87. The number of aromatic nitrogens is 3. The standard InChI is InChI=1S/C19H18N4O2/c1-12-6-7-14(9-13(12)2)16-10-17(23-19(25)22-16)18(24)21-11-15-5-3-4-8-20-15/h3-10H,11H2,1-2H3,(H,21,24)(H,22,23,25). The number of carbonyl (C=O) groups excluding carboxylic acids is 1. The molecule has 3 rings (SSSR count). The van der Waals surface area contributed by atoms with E-state index in [0.29, 0.717) is 5.69 Å². The quantitative estimate of drug-likeness (QED) is 0.767. The highest BCUT2D eigenvalue weighted by atomic mass is 16.2. The number of nitrogens with zero attached hydrogens (tertiary/aromatic N) is 2. The van der Waals surface area contributed by atoms with Gasteiger partial charge in [0.05, 0.1) is 17.9 Å². The summed E-state index contributed by atoms with van der Waals surface area (Å²) in [6.07, 6.45) is 1.66. The molecule has 0 atom stereocenters. The van der Waals surface area contributed by atoms with Crippen molar-refractivity contribution in [3.63, 3.8) is 0 Å². The van der Waals surface area contributed by atoms with Crippen LogP contribution in [-0.4, -0.2) is 20.9 Å². The average Bonchev–Trinajstić information content (AvgIpc) is 2.62. The van der Waals surface area contributed by atoms with Crippen LogP contribution >= 0.6 is 0 Å². The van der Waals surface area contributed by atoms with Crippen LogP contribution in [0, 0.1) is 13.8 Å². The van der Waals surface area contributed by atoms with E-state index in [4.69, 9.17) is 0 Å². The molecular formula is C19H18N4O2. The van der Waals surface area contributed by atoms with Crippen molar-refractivity contribution in [3.8, 4) is 11.3 Å². The Balaban J connectivity index is 1.84. The molecule has 2 N–H and O–H groups in total. The Kier molecular flexibility index (Phi) is 4.70. The fourth-order valence-corrected chi connectivity index (χ4v) is 2.40. The number of H-pyrrole nitrogens is 1. The van der Waals surface area contributed by atoms with Gasteiger partial charge in [0, 0.05) is 11.8 Å². The number of nitrogens with one attached hydrogen (secondary N) is 2. The Morgan fingerprint density at radius 3 is 2.68 bits per heavy atom. The zero-order chi connectivity index (χ0) is 17.8. The van der Waals surface area contributed by atoms with Crippen LogP contribution in [0.2, 0.25) is 0 Å². The van der Waals surface area contributed by atoms with Crippen LogP contribution in [0.5, 0.6) is 0 Å². The van der Waals surface area contributed by atoms with E-state index in [9.17, 15) is 9.59 Å². The van der Waals surface area contributed by atoms with Gasteiger partial charge in [-0.2, -0.15) is 4.98 Å². The highest BCUT2D eigenvalue weighted by Gasteiger charge is 2.11. The van der Waals surface area contributed by atoms with Crippen LogP contribution in [0.15, 0.2) is 53.5 Å². The fourth-order valence-electron chi connectivity index (χ4n) is 2.40. The van der Waals surface area contributed by atoms with Crippen LogP contribution < -0.4 is 11.0 Å². The summed E-state index contributed by atoms with van der Waals surface area (Å²) in [5.74, 6) is -0.379. The second kappa shape index (κ2) is 7.09. The molecule has 126 valence electrons. The van der Waals surface area contributed by atoms with Crippen molar-refractivity contribution >= 4 is 5.91 Å². The number of hydrogen-bond donors (Lipinski definition) is 2. The zero-order valence-electron chi connectivity index (χ0n) is 14.0. The Hall–Kier alpha value is -3.28. The van der Waals surface area contributed by atoms with Gasteiger partial charge in [-0.25, -0.2) is 4.79 Å². The third kappa shape index (κ3) is 3.98. The maximum Gasteiger partial charge on any atom is 0.346 e. The van der Waals surface area contributed by atoms with Gasteiger partial charge in [0.25, 0.3) is 5.91 Å². The molecule has 1 amide bonds. The Morgan fingerprint density at radius 2 is 1.96 bits per heavy atom. The number of hydrogen-bond acceptors (Lipinski definition) is 4. The smallest absolute Gasteiger partial charge is 0.345 e. The van der Waals surface area contributed by atoms with Gasteiger partial charge in [-0.1, -0.05) is 18.2 Å². The van der Waals surface area contributed by atoms with Gasteiger partial charge in [0.15, 0.2) is 0 Å². The molecule has 0 aliphatic heterocycles. The molecule has 2 aromatic heterocycles. The molecule has 6 nitrogen and oxygen atoms in total. The van der Waals surface area contributed by atoms with Crippen molar-refractivity contribution in [2.24, 2.45) is 0 Å². The van der Waals surface area contributed by atoms with Gasteiger partial charge < -0.3 is 10.3 Å². The largest absolute Gasteiger partial charge is 0.346 e. The van der Waals surface area contributed by atoms with Crippen molar-refractivity contribution in [1.82, 2.24) is 20.3 Å². The highest BCUT2D eigenvalue weighted by Crippen LogP contribution is 2.19. The van der Waals surface area contributed by atoms with Crippen LogP contribution in [0.4, 0.5) is 0 Å². The molecule has 0 aliphatic carbocycles. The van der Waals surface area contributed by atoms with E-state index in [0.717, 1.165) is 22.4 Å². The van der Waals surface area contributed by atoms with Crippen molar-refractivity contribution in [2.45, 2.75) is 20.4 Å². The fraction of sp³-hybridized carbons (Fsp3) is 0.158. The number of pyridine rings is 1. The van der Waals surface area contributed by atoms with E-state index in [1.165, 1.54) is 0 Å². The summed E-state index contributed by atoms with van der Waals surface area (Å²) >= 11 is 0. The van der Waals surface area contributed by atoms with E-state index in [2.05, 4.69) is 20.3 Å². The molecule has 0 aliphatic rings. The number of rotatable bonds is 4. The molecule has 25 heavy (non-hydrogen) atoms. The Bertz CT molecular complexity index is 965. The first kappa shape index (κ1) is 16.6. The number of amides is 1. The summed E-state index contributed by atoms with van der Waals surface area (Å²) in [5, 5.41) is 2.74. The first-order chi connectivity index (χ1) is 12.0. The summed E-state index contributed by atoms with van der Waals surface area (Å²) in [6, 6.07) is 12.9. The third-order valence-corrected chi connectivity index (χ3v) is 3.95. The minimum Gasteiger partial charge on any atom is -0.345 e. The van der Waals surface area contributed by atoms with E-state index in [-0.39, 0.29) is 18.1 Å². The molecule has 0 saturated carbocycles. The predicted octanol–water partition coefficient (Wildman–Crippen LogP) is 2.38. The molecule has 1 aromatic carbocycles. The number of carbonyl (C=O) groups is 1. The predicted molar refractivity (Wildman–Crippen MR) is 95.2 cm³/mol. The lowest BCUT2D eigenvalue weighted by Gasteiger charge is -2.07. The van der Waals surface area contributed by atoms with E-state index < -0.39 is 5.69 Å². The van der Waals surface area contributed by atoms with Gasteiger partial charge in [-0.15, -0.1) is 0 Å². The van der Waals surface area contributed by atoms with E-state index >= 15 is 0 Å². The Morgan fingerprint density at radius 1 is 1.12 bits per heavy atom. The molecule has 0 radical (unpaired) electrons.